The van der Waals surface area contributed by atoms with Crippen LogP contribution >= 0.6 is 11.6 Å². The molecule has 148 valence electrons. The van der Waals surface area contributed by atoms with Crippen LogP contribution in [0.15, 0.2) is 42.5 Å². The first-order chi connectivity index (χ1) is 13.3. The smallest absolute Gasteiger partial charge is 0.259 e. The van der Waals surface area contributed by atoms with Crippen LogP contribution in [-0.2, 0) is 4.79 Å². The SMILES string of the molecule is CCOc1cc(/C=C/C(=O)c2ccc(F)cc2Cl)ccc1OCC(=O)N(C)C. The van der Waals surface area contributed by atoms with E-state index in [1.165, 1.54) is 23.1 Å². The third-order valence-corrected chi connectivity index (χ3v) is 4.05. The Balaban J connectivity index is 2.17. The molecule has 28 heavy (non-hydrogen) atoms. The lowest BCUT2D eigenvalue weighted by molar-refractivity contribution is -0.130. The highest BCUT2D eigenvalue weighted by molar-refractivity contribution is 6.34. The van der Waals surface area contributed by atoms with Gasteiger partial charge in [0.05, 0.1) is 11.6 Å². The molecule has 0 atom stereocenters. The van der Waals surface area contributed by atoms with E-state index in [0.29, 0.717) is 23.7 Å². The summed E-state index contributed by atoms with van der Waals surface area (Å²) in [5.41, 5.74) is 0.910. The Morgan fingerprint density at radius 3 is 2.50 bits per heavy atom. The van der Waals surface area contributed by atoms with Crippen LogP contribution in [0.2, 0.25) is 5.02 Å². The molecule has 0 bridgehead atoms. The number of benzene rings is 2. The van der Waals surface area contributed by atoms with Gasteiger partial charge >= 0.3 is 0 Å². The number of likely N-dealkylation sites (N-methyl/N-ethyl adjacent to an activating group) is 1. The second kappa shape index (κ2) is 9.90. The number of ketones is 1. The summed E-state index contributed by atoms with van der Waals surface area (Å²) in [7, 11) is 3.29. The molecule has 0 saturated heterocycles. The third-order valence-electron chi connectivity index (χ3n) is 3.74. The molecule has 2 rings (SSSR count). The maximum atomic E-state index is 13.1. The van der Waals surface area contributed by atoms with E-state index in [0.717, 1.165) is 6.07 Å². The Bertz CT molecular complexity index is 896. The monoisotopic (exact) mass is 405 g/mol. The number of amides is 1. The van der Waals surface area contributed by atoms with Crippen LogP contribution in [0.4, 0.5) is 4.39 Å². The molecule has 7 heteroatoms. The summed E-state index contributed by atoms with van der Waals surface area (Å²) < 4.78 is 24.2. The van der Waals surface area contributed by atoms with Gasteiger partial charge in [-0.1, -0.05) is 23.7 Å². The highest BCUT2D eigenvalue weighted by Gasteiger charge is 2.11. The van der Waals surface area contributed by atoms with E-state index in [4.69, 9.17) is 21.1 Å². The molecule has 0 saturated carbocycles. The zero-order chi connectivity index (χ0) is 20.7. The molecule has 0 radical (unpaired) electrons. The summed E-state index contributed by atoms with van der Waals surface area (Å²) in [6, 6.07) is 8.72. The molecule has 0 aliphatic heterocycles. The van der Waals surface area contributed by atoms with Gasteiger partial charge in [0.25, 0.3) is 5.91 Å². The number of hydrogen-bond acceptors (Lipinski definition) is 4. The Labute approximate surface area is 168 Å². The zero-order valence-corrected chi connectivity index (χ0v) is 16.6. The standard InChI is InChI=1S/C21H21ClFNO4/c1-4-27-20-11-14(6-10-19(20)28-13-21(26)24(2)3)5-9-18(25)16-8-7-15(23)12-17(16)22/h5-12H,4,13H2,1-3H3/b9-5+. The second-order valence-electron chi connectivity index (χ2n) is 6.04. The summed E-state index contributed by atoms with van der Waals surface area (Å²) >= 11 is 5.91. The number of rotatable bonds is 8. The molecule has 0 spiro atoms. The fourth-order valence-electron chi connectivity index (χ4n) is 2.24. The molecule has 1 amide bonds. The number of ether oxygens (including phenoxy) is 2. The van der Waals surface area contributed by atoms with Crippen molar-refractivity contribution in [3.8, 4) is 11.5 Å². The molecule has 2 aromatic carbocycles. The number of halogens is 2. The maximum Gasteiger partial charge on any atom is 0.259 e. The number of carbonyl (C=O) groups excluding carboxylic acids is 2. The number of allylic oxidation sites excluding steroid dienone is 1. The van der Waals surface area contributed by atoms with E-state index in [9.17, 15) is 14.0 Å². The fourth-order valence-corrected chi connectivity index (χ4v) is 2.50. The van der Waals surface area contributed by atoms with E-state index in [-0.39, 0.29) is 28.9 Å². The summed E-state index contributed by atoms with van der Waals surface area (Å²) in [6.45, 7) is 2.14. The van der Waals surface area contributed by atoms with Crippen LogP contribution in [0.3, 0.4) is 0 Å². The van der Waals surface area contributed by atoms with Gasteiger partial charge in [0.15, 0.2) is 23.9 Å². The Morgan fingerprint density at radius 1 is 1.11 bits per heavy atom. The van der Waals surface area contributed by atoms with Gasteiger partial charge in [-0.2, -0.15) is 0 Å². The largest absolute Gasteiger partial charge is 0.490 e. The van der Waals surface area contributed by atoms with Crippen molar-refractivity contribution in [1.29, 1.82) is 0 Å². The maximum absolute atomic E-state index is 13.1. The van der Waals surface area contributed by atoms with Crippen LogP contribution < -0.4 is 9.47 Å². The van der Waals surface area contributed by atoms with Gasteiger partial charge in [0.1, 0.15) is 5.82 Å². The number of carbonyl (C=O) groups is 2. The number of hydrogen-bond donors (Lipinski definition) is 0. The van der Waals surface area contributed by atoms with Crippen LogP contribution in [-0.4, -0.2) is 43.9 Å². The van der Waals surface area contributed by atoms with Crippen LogP contribution in [0.5, 0.6) is 11.5 Å². The quantitative estimate of drug-likeness (QED) is 0.487. The van der Waals surface area contributed by atoms with Crippen molar-refractivity contribution < 1.29 is 23.5 Å². The average molecular weight is 406 g/mol. The third kappa shape index (κ3) is 5.82. The van der Waals surface area contributed by atoms with E-state index < -0.39 is 5.82 Å². The molecule has 0 heterocycles. The van der Waals surface area contributed by atoms with Crippen molar-refractivity contribution in [2.45, 2.75) is 6.92 Å². The minimum absolute atomic E-state index is 0.0546. The van der Waals surface area contributed by atoms with Gasteiger partial charge in [-0.05, 0) is 48.9 Å². The van der Waals surface area contributed by atoms with Gasteiger partial charge in [0.2, 0.25) is 0 Å². The number of nitrogens with zero attached hydrogens (tertiary/aromatic N) is 1. The van der Waals surface area contributed by atoms with E-state index in [2.05, 4.69) is 0 Å². The Hall–Kier alpha value is -2.86. The van der Waals surface area contributed by atoms with E-state index in [1.807, 2.05) is 6.92 Å². The molecule has 0 aliphatic rings. The highest BCUT2D eigenvalue weighted by atomic mass is 35.5. The van der Waals surface area contributed by atoms with Gasteiger partial charge in [0, 0.05) is 19.7 Å². The predicted molar refractivity (Wildman–Crippen MR) is 107 cm³/mol. The van der Waals surface area contributed by atoms with E-state index in [1.54, 1.807) is 38.4 Å². The van der Waals surface area contributed by atoms with Crippen LogP contribution in [0.1, 0.15) is 22.8 Å². The van der Waals surface area contributed by atoms with Crippen LogP contribution in [0, 0.1) is 5.82 Å². The van der Waals surface area contributed by atoms with E-state index >= 15 is 0 Å². The van der Waals surface area contributed by atoms with Gasteiger partial charge in [-0.15, -0.1) is 0 Å². The highest BCUT2D eigenvalue weighted by Crippen LogP contribution is 2.29. The lowest BCUT2D eigenvalue weighted by atomic mass is 10.1. The first-order valence-corrected chi connectivity index (χ1v) is 8.97. The lowest BCUT2D eigenvalue weighted by Gasteiger charge is -2.14. The van der Waals surface area contributed by atoms with Crippen LogP contribution in [0.25, 0.3) is 6.08 Å². The van der Waals surface area contributed by atoms with Crippen molar-refractivity contribution in [2.75, 3.05) is 27.3 Å². The minimum Gasteiger partial charge on any atom is -0.490 e. The predicted octanol–water partition coefficient (Wildman–Crippen LogP) is 4.24. The summed E-state index contributed by atoms with van der Waals surface area (Å²) in [4.78, 5) is 25.4. The fraction of sp³-hybridized carbons (Fsp3) is 0.238. The molecule has 5 nitrogen and oxygen atoms in total. The lowest BCUT2D eigenvalue weighted by Crippen LogP contribution is -2.27. The molecular weight excluding hydrogens is 385 g/mol. The average Bonchev–Trinajstić information content (AvgIpc) is 2.65. The van der Waals surface area contributed by atoms with Gasteiger partial charge < -0.3 is 14.4 Å². The first kappa shape index (κ1) is 21.4. The summed E-state index contributed by atoms with van der Waals surface area (Å²) in [6.07, 6.45) is 2.94. The van der Waals surface area contributed by atoms with Crippen molar-refractivity contribution in [3.63, 3.8) is 0 Å². The minimum atomic E-state index is -0.504. The zero-order valence-electron chi connectivity index (χ0n) is 15.9. The summed E-state index contributed by atoms with van der Waals surface area (Å²) in [5, 5.41) is 0.0546. The van der Waals surface area contributed by atoms with Crippen molar-refractivity contribution in [2.24, 2.45) is 0 Å². The van der Waals surface area contributed by atoms with Gasteiger partial charge in [-0.3, -0.25) is 9.59 Å². The molecular formula is C21H21ClFNO4. The van der Waals surface area contributed by atoms with Gasteiger partial charge in [-0.25, -0.2) is 4.39 Å². The molecule has 2 aromatic rings. The molecule has 0 N–H and O–H groups in total. The first-order valence-electron chi connectivity index (χ1n) is 8.59. The molecule has 0 fully saturated rings. The van der Waals surface area contributed by atoms with Crippen molar-refractivity contribution >= 4 is 29.4 Å². The molecule has 0 unspecified atom stereocenters. The molecule has 0 aliphatic carbocycles. The summed E-state index contributed by atoms with van der Waals surface area (Å²) in [5.74, 6) is -0.131. The molecule has 0 aromatic heterocycles. The normalized spacial score (nSPS) is 10.8. The van der Waals surface area contributed by atoms with Crippen molar-refractivity contribution in [3.05, 3.63) is 64.4 Å². The van der Waals surface area contributed by atoms with Crippen molar-refractivity contribution in [1.82, 2.24) is 4.90 Å². The topological polar surface area (TPSA) is 55.8 Å². The second-order valence-corrected chi connectivity index (χ2v) is 6.44. The Kier molecular flexibility index (Phi) is 7.58. The Morgan fingerprint density at radius 2 is 1.86 bits per heavy atom.